The molecule has 1 aliphatic rings. The number of carbonyl (C=O) groups excluding carboxylic acids is 1. The highest BCUT2D eigenvalue weighted by molar-refractivity contribution is 6.52. The Hall–Kier alpha value is -0.0700. The Balaban J connectivity index is 2.49. The molecule has 0 saturated carbocycles. The minimum Gasteiger partial charge on any atom is -0.458 e. The summed E-state index contributed by atoms with van der Waals surface area (Å²) in [7, 11) is 0. The number of alkyl halides is 2. The van der Waals surface area contributed by atoms with Crippen molar-refractivity contribution in [1.29, 1.82) is 0 Å². The van der Waals surface area contributed by atoms with E-state index in [0.717, 1.165) is 0 Å². The number of aliphatic hydroxyl groups excluding tert-OH is 2. The van der Waals surface area contributed by atoms with Crippen molar-refractivity contribution in [2.24, 2.45) is 0 Å². The van der Waals surface area contributed by atoms with Crippen LogP contribution < -0.4 is 0 Å². The van der Waals surface area contributed by atoms with Crippen LogP contribution in [0.5, 0.6) is 0 Å². The second-order valence-corrected chi connectivity index (χ2v) is 4.26. The van der Waals surface area contributed by atoms with E-state index in [4.69, 9.17) is 42.9 Å². The molecule has 2 N–H and O–H groups in total. The van der Waals surface area contributed by atoms with E-state index in [1.54, 1.807) is 0 Å². The molecule has 0 aromatic rings. The van der Waals surface area contributed by atoms with Crippen LogP contribution in [0, 0.1) is 0 Å². The predicted octanol–water partition coefficient (Wildman–Crippen LogP) is 0.192. The molecule has 3 atom stereocenters. The number of ether oxygens (including phenoxy) is 2. The number of rotatable bonds is 3. The molecule has 0 amide bonds. The molecule has 0 radical (unpaired) electrons. The van der Waals surface area contributed by atoms with E-state index in [9.17, 15) is 4.79 Å². The van der Waals surface area contributed by atoms with Crippen molar-refractivity contribution >= 4 is 29.2 Å². The van der Waals surface area contributed by atoms with Crippen molar-refractivity contribution in [3.63, 3.8) is 0 Å². The van der Waals surface area contributed by atoms with Crippen molar-refractivity contribution < 1.29 is 24.5 Å². The molecule has 0 spiro atoms. The van der Waals surface area contributed by atoms with Gasteiger partial charge in [0, 0.05) is 6.42 Å². The van der Waals surface area contributed by atoms with E-state index in [1.807, 2.05) is 0 Å². The maximum Gasteiger partial charge on any atom is 0.339 e. The van der Waals surface area contributed by atoms with E-state index in [-0.39, 0.29) is 6.61 Å². The second-order valence-electron chi connectivity index (χ2n) is 3.17. The van der Waals surface area contributed by atoms with Gasteiger partial charge in [-0.15, -0.1) is 0 Å². The van der Waals surface area contributed by atoms with Gasteiger partial charge >= 0.3 is 5.97 Å². The Labute approximate surface area is 96.9 Å². The van der Waals surface area contributed by atoms with Crippen LogP contribution in [-0.2, 0) is 14.3 Å². The lowest BCUT2D eigenvalue weighted by atomic mass is 10.1. The average molecular weight is 259 g/mol. The van der Waals surface area contributed by atoms with Gasteiger partial charge in [-0.2, -0.15) is 0 Å². The third kappa shape index (κ3) is 3.77. The number of carbonyl (C=O) groups is 1. The molecule has 1 saturated heterocycles. The summed E-state index contributed by atoms with van der Waals surface area (Å²) in [5.41, 5.74) is 0. The van der Waals surface area contributed by atoms with Gasteiger partial charge in [-0.25, -0.2) is 4.79 Å². The minimum absolute atomic E-state index is 0.337. The predicted molar refractivity (Wildman–Crippen MR) is 52.6 cm³/mol. The van der Waals surface area contributed by atoms with Crippen molar-refractivity contribution in [2.75, 3.05) is 6.61 Å². The summed E-state index contributed by atoms with van der Waals surface area (Å²) in [6, 6.07) is 0. The first-order valence-corrected chi connectivity index (χ1v) is 5.35. The van der Waals surface area contributed by atoms with Gasteiger partial charge < -0.3 is 19.7 Å². The fraction of sp³-hybridized carbons (Fsp3) is 0.875. The summed E-state index contributed by atoms with van der Waals surface area (Å²) in [5, 5.41) is 18.1. The van der Waals surface area contributed by atoms with Gasteiger partial charge in [-0.1, -0.05) is 23.2 Å². The first-order valence-electron chi connectivity index (χ1n) is 4.47. The van der Waals surface area contributed by atoms with Crippen molar-refractivity contribution in [2.45, 2.75) is 36.2 Å². The second kappa shape index (κ2) is 5.86. The van der Waals surface area contributed by atoms with Crippen LogP contribution in [0.2, 0.25) is 0 Å². The number of esters is 1. The lowest BCUT2D eigenvalue weighted by molar-refractivity contribution is -0.218. The highest BCUT2D eigenvalue weighted by Crippen LogP contribution is 2.22. The van der Waals surface area contributed by atoms with Crippen LogP contribution in [0.1, 0.15) is 12.8 Å². The lowest BCUT2D eigenvalue weighted by Crippen LogP contribution is -2.44. The van der Waals surface area contributed by atoms with Crippen molar-refractivity contribution in [3.8, 4) is 0 Å². The topological polar surface area (TPSA) is 76.0 Å². The standard InChI is InChI=1S/C8H12Cl2O5/c9-7(10)8(13)15-4-1-2-6(12)14-5(4)3-11/h4-7,11-12H,1-3H2/t4-,5?,6+/m0/s1. The summed E-state index contributed by atoms with van der Waals surface area (Å²) in [6.45, 7) is -0.343. The highest BCUT2D eigenvalue weighted by Gasteiger charge is 2.33. The van der Waals surface area contributed by atoms with Crippen LogP contribution in [0.15, 0.2) is 0 Å². The smallest absolute Gasteiger partial charge is 0.339 e. The van der Waals surface area contributed by atoms with Crippen LogP contribution in [0.3, 0.4) is 0 Å². The molecule has 1 heterocycles. The van der Waals surface area contributed by atoms with Crippen molar-refractivity contribution in [1.82, 2.24) is 0 Å². The first kappa shape index (κ1) is 13.0. The fourth-order valence-corrected chi connectivity index (χ4v) is 1.45. The third-order valence-electron chi connectivity index (χ3n) is 2.07. The monoisotopic (exact) mass is 258 g/mol. The lowest BCUT2D eigenvalue weighted by Gasteiger charge is -2.32. The van der Waals surface area contributed by atoms with Gasteiger partial charge in [-0.05, 0) is 6.42 Å². The summed E-state index contributed by atoms with van der Waals surface area (Å²) in [4.78, 5) is 9.81. The molecule has 0 aliphatic carbocycles. The molecule has 1 rings (SSSR count). The fourth-order valence-electron chi connectivity index (χ4n) is 1.35. The Morgan fingerprint density at radius 3 is 2.73 bits per heavy atom. The Morgan fingerprint density at radius 1 is 1.53 bits per heavy atom. The summed E-state index contributed by atoms with van der Waals surface area (Å²) in [5.74, 6) is -0.776. The highest BCUT2D eigenvalue weighted by atomic mass is 35.5. The third-order valence-corrected chi connectivity index (χ3v) is 2.43. The first-order chi connectivity index (χ1) is 7.04. The van der Waals surface area contributed by atoms with Gasteiger partial charge in [0.2, 0.25) is 4.84 Å². The zero-order valence-corrected chi connectivity index (χ0v) is 9.32. The van der Waals surface area contributed by atoms with Gasteiger partial charge in [-0.3, -0.25) is 0 Å². The normalized spacial score (nSPS) is 31.7. The SMILES string of the molecule is O=C(O[C@H]1CC[C@H](O)OC1CO)C(Cl)Cl. The molecule has 0 bridgehead atoms. The number of hydrogen-bond donors (Lipinski definition) is 2. The van der Waals surface area contributed by atoms with Gasteiger partial charge in [0.25, 0.3) is 0 Å². The summed E-state index contributed by atoms with van der Waals surface area (Å²) >= 11 is 10.6. The molecule has 1 unspecified atom stereocenters. The molecule has 0 aromatic heterocycles. The quantitative estimate of drug-likeness (QED) is 0.559. The molecule has 15 heavy (non-hydrogen) atoms. The molecule has 88 valence electrons. The van der Waals surface area contributed by atoms with Crippen LogP contribution in [0.4, 0.5) is 0 Å². The van der Waals surface area contributed by atoms with Crippen molar-refractivity contribution in [3.05, 3.63) is 0 Å². The van der Waals surface area contributed by atoms with E-state index < -0.39 is 29.3 Å². The summed E-state index contributed by atoms with van der Waals surface area (Å²) < 4.78 is 9.88. The van der Waals surface area contributed by atoms with E-state index >= 15 is 0 Å². The van der Waals surface area contributed by atoms with Crippen LogP contribution in [-0.4, -0.2) is 46.1 Å². The van der Waals surface area contributed by atoms with E-state index in [0.29, 0.717) is 12.8 Å². The molecule has 0 aromatic carbocycles. The van der Waals surface area contributed by atoms with Gasteiger partial charge in [0.05, 0.1) is 6.61 Å². The van der Waals surface area contributed by atoms with Gasteiger partial charge in [0.1, 0.15) is 12.2 Å². The Morgan fingerprint density at radius 2 is 2.20 bits per heavy atom. The maximum absolute atomic E-state index is 11.1. The summed E-state index contributed by atoms with van der Waals surface area (Å²) in [6.07, 6.45) is -1.54. The average Bonchev–Trinajstić information content (AvgIpc) is 2.20. The number of aliphatic hydroxyl groups is 2. The molecule has 1 aliphatic heterocycles. The van der Waals surface area contributed by atoms with Gasteiger partial charge in [0.15, 0.2) is 6.29 Å². The Bertz CT molecular complexity index is 223. The molecular weight excluding hydrogens is 247 g/mol. The van der Waals surface area contributed by atoms with Crippen LogP contribution >= 0.6 is 23.2 Å². The van der Waals surface area contributed by atoms with E-state index in [2.05, 4.69) is 0 Å². The zero-order valence-electron chi connectivity index (χ0n) is 7.81. The number of hydrogen-bond acceptors (Lipinski definition) is 5. The maximum atomic E-state index is 11.1. The molecule has 1 fully saturated rings. The largest absolute Gasteiger partial charge is 0.458 e. The van der Waals surface area contributed by atoms with E-state index in [1.165, 1.54) is 0 Å². The Kier molecular flexibility index (Phi) is 5.08. The zero-order chi connectivity index (χ0) is 11.4. The van der Waals surface area contributed by atoms with Crippen LogP contribution in [0.25, 0.3) is 0 Å². The molecule has 7 heteroatoms. The minimum atomic E-state index is -1.25. The molecule has 5 nitrogen and oxygen atoms in total. The molecular formula is C8H12Cl2O5. The number of halogens is 2.